The second-order valence-electron chi connectivity index (χ2n) is 5.28. The van der Waals surface area contributed by atoms with Gasteiger partial charge in [-0.05, 0) is 24.0 Å². The van der Waals surface area contributed by atoms with E-state index in [-0.39, 0.29) is 17.8 Å². The maximum absolute atomic E-state index is 13.5. The van der Waals surface area contributed by atoms with Crippen LogP contribution in [0.1, 0.15) is 38.3 Å². The van der Waals surface area contributed by atoms with Crippen LogP contribution in [0.15, 0.2) is 18.2 Å². The molecule has 2 nitrogen and oxygen atoms in total. The van der Waals surface area contributed by atoms with Gasteiger partial charge in [0.05, 0.1) is 18.2 Å². The third-order valence-corrected chi connectivity index (χ3v) is 2.44. The summed E-state index contributed by atoms with van der Waals surface area (Å²) in [5, 5.41) is 8.61. The molecule has 0 aromatic heterocycles. The minimum atomic E-state index is -0.375. The lowest BCUT2D eigenvalue weighted by molar-refractivity contribution is 0.0943. The van der Waals surface area contributed by atoms with E-state index in [9.17, 15) is 4.39 Å². The smallest absolute Gasteiger partial charge is 0.130 e. The predicted octanol–water partition coefficient (Wildman–Crippen LogP) is 3.65. The Balaban J connectivity index is 2.45. The van der Waals surface area contributed by atoms with E-state index in [1.54, 1.807) is 12.1 Å². The second kappa shape index (κ2) is 5.79. The molecule has 0 aliphatic heterocycles. The molecule has 0 fully saturated rings. The van der Waals surface area contributed by atoms with Crippen molar-refractivity contribution in [2.24, 2.45) is 5.41 Å². The average molecular weight is 235 g/mol. The van der Waals surface area contributed by atoms with Gasteiger partial charge in [-0.25, -0.2) is 4.39 Å². The van der Waals surface area contributed by atoms with E-state index >= 15 is 0 Å². The molecule has 17 heavy (non-hydrogen) atoms. The van der Waals surface area contributed by atoms with E-state index in [1.807, 2.05) is 6.07 Å². The fourth-order valence-corrected chi connectivity index (χ4v) is 1.29. The monoisotopic (exact) mass is 235 g/mol. The standard InChI is InChI=1S/C14H18FNO/c1-14(2,3)6-7-17-10-12-5-4-11(9-16)8-13(12)15/h4-5,8H,6-7,10H2,1-3H3. The molecule has 0 saturated heterocycles. The maximum atomic E-state index is 13.5. The number of nitrogens with zero attached hydrogens (tertiary/aromatic N) is 1. The zero-order valence-electron chi connectivity index (χ0n) is 10.6. The highest BCUT2D eigenvalue weighted by molar-refractivity contribution is 5.32. The molecular weight excluding hydrogens is 217 g/mol. The Morgan fingerprint density at radius 1 is 1.35 bits per heavy atom. The third kappa shape index (κ3) is 4.97. The van der Waals surface area contributed by atoms with Gasteiger partial charge in [-0.1, -0.05) is 26.8 Å². The van der Waals surface area contributed by atoms with Crippen LogP contribution in [0.2, 0.25) is 0 Å². The van der Waals surface area contributed by atoms with Gasteiger partial charge in [-0.15, -0.1) is 0 Å². The first-order valence-corrected chi connectivity index (χ1v) is 5.69. The summed E-state index contributed by atoms with van der Waals surface area (Å²) in [5.41, 5.74) is 1.06. The molecule has 0 unspecified atom stereocenters. The molecule has 0 radical (unpaired) electrons. The summed E-state index contributed by atoms with van der Waals surface area (Å²) < 4.78 is 18.9. The Kier molecular flexibility index (Phi) is 4.65. The largest absolute Gasteiger partial charge is 0.377 e. The molecule has 0 N–H and O–H groups in total. The summed E-state index contributed by atoms with van der Waals surface area (Å²) in [6.07, 6.45) is 0.935. The molecule has 3 heteroatoms. The van der Waals surface area contributed by atoms with E-state index < -0.39 is 0 Å². The number of halogens is 1. The lowest BCUT2D eigenvalue weighted by Gasteiger charge is -2.17. The Bertz CT molecular complexity index is 415. The van der Waals surface area contributed by atoms with Crippen LogP contribution in [0.4, 0.5) is 4.39 Å². The van der Waals surface area contributed by atoms with Crippen LogP contribution in [0, 0.1) is 22.6 Å². The van der Waals surface area contributed by atoms with E-state index in [2.05, 4.69) is 20.8 Å². The zero-order chi connectivity index (χ0) is 12.9. The van der Waals surface area contributed by atoms with Gasteiger partial charge in [-0.3, -0.25) is 0 Å². The fourth-order valence-electron chi connectivity index (χ4n) is 1.29. The second-order valence-corrected chi connectivity index (χ2v) is 5.28. The summed E-state index contributed by atoms with van der Waals surface area (Å²) in [5.74, 6) is -0.375. The topological polar surface area (TPSA) is 33.0 Å². The van der Waals surface area contributed by atoms with Crippen LogP contribution in [-0.2, 0) is 11.3 Å². The number of hydrogen-bond donors (Lipinski definition) is 0. The van der Waals surface area contributed by atoms with E-state index in [1.165, 1.54) is 6.07 Å². The first-order valence-electron chi connectivity index (χ1n) is 5.69. The average Bonchev–Trinajstić information content (AvgIpc) is 2.24. The van der Waals surface area contributed by atoms with Crippen molar-refractivity contribution in [3.05, 3.63) is 35.1 Å². The number of hydrogen-bond acceptors (Lipinski definition) is 2. The quantitative estimate of drug-likeness (QED) is 0.746. The molecule has 0 spiro atoms. The van der Waals surface area contributed by atoms with E-state index in [4.69, 9.17) is 10.00 Å². The van der Waals surface area contributed by atoms with Crippen molar-refractivity contribution in [1.82, 2.24) is 0 Å². The Hall–Kier alpha value is -1.40. The molecule has 0 aliphatic rings. The molecule has 0 atom stereocenters. The molecule has 0 amide bonds. The summed E-state index contributed by atoms with van der Waals surface area (Å²) >= 11 is 0. The summed E-state index contributed by atoms with van der Waals surface area (Å²) in [7, 11) is 0. The van der Waals surface area contributed by atoms with E-state index in [0.717, 1.165) is 6.42 Å². The Morgan fingerprint density at radius 2 is 2.06 bits per heavy atom. The SMILES string of the molecule is CC(C)(C)CCOCc1ccc(C#N)cc1F. The summed E-state index contributed by atoms with van der Waals surface area (Å²) in [6.45, 7) is 7.28. The maximum Gasteiger partial charge on any atom is 0.130 e. The van der Waals surface area contributed by atoms with Gasteiger partial charge in [0, 0.05) is 12.2 Å². The summed E-state index contributed by atoms with van der Waals surface area (Å²) in [4.78, 5) is 0. The third-order valence-electron chi connectivity index (χ3n) is 2.44. The number of nitriles is 1. The van der Waals surface area contributed by atoms with Crippen molar-refractivity contribution >= 4 is 0 Å². The first kappa shape index (κ1) is 13.7. The van der Waals surface area contributed by atoms with Crippen molar-refractivity contribution in [3.8, 4) is 6.07 Å². The lowest BCUT2D eigenvalue weighted by Crippen LogP contribution is -2.09. The normalized spacial score (nSPS) is 11.2. The molecule has 0 saturated carbocycles. The summed E-state index contributed by atoms with van der Waals surface area (Å²) in [6, 6.07) is 6.34. The van der Waals surface area contributed by atoms with Crippen LogP contribution in [0.25, 0.3) is 0 Å². The Morgan fingerprint density at radius 3 is 2.59 bits per heavy atom. The van der Waals surface area contributed by atoms with Gasteiger partial charge in [0.25, 0.3) is 0 Å². The predicted molar refractivity (Wildman–Crippen MR) is 64.8 cm³/mol. The van der Waals surface area contributed by atoms with E-state index in [0.29, 0.717) is 17.7 Å². The van der Waals surface area contributed by atoms with Gasteiger partial charge in [0.1, 0.15) is 5.82 Å². The van der Waals surface area contributed by atoms with Crippen LogP contribution >= 0.6 is 0 Å². The zero-order valence-corrected chi connectivity index (χ0v) is 10.6. The molecule has 1 aromatic carbocycles. The van der Waals surface area contributed by atoms with Gasteiger partial charge < -0.3 is 4.74 Å². The van der Waals surface area contributed by atoms with Crippen molar-refractivity contribution in [3.63, 3.8) is 0 Å². The van der Waals surface area contributed by atoms with Gasteiger partial charge in [0.2, 0.25) is 0 Å². The molecule has 1 rings (SSSR count). The highest BCUT2D eigenvalue weighted by atomic mass is 19.1. The Labute approximate surface area is 102 Å². The molecule has 1 aromatic rings. The van der Waals surface area contributed by atoms with Gasteiger partial charge >= 0.3 is 0 Å². The highest BCUT2D eigenvalue weighted by Crippen LogP contribution is 2.18. The minimum absolute atomic E-state index is 0.225. The molecule has 92 valence electrons. The molecule has 0 bridgehead atoms. The first-order chi connectivity index (χ1) is 7.92. The minimum Gasteiger partial charge on any atom is -0.377 e. The van der Waals surface area contributed by atoms with Gasteiger partial charge in [-0.2, -0.15) is 5.26 Å². The highest BCUT2D eigenvalue weighted by Gasteiger charge is 2.10. The van der Waals surface area contributed by atoms with Crippen LogP contribution in [0.5, 0.6) is 0 Å². The van der Waals surface area contributed by atoms with Crippen molar-refractivity contribution in [2.45, 2.75) is 33.8 Å². The lowest BCUT2D eigenvalue weighted by atomic mass is 9.93. The molecule has 0 heterocycles. The van der Waals surface area contributed by atoms with Crippen molar-refractivity contribution in [2.75, 3.05) is 6.61 Å². The molecular formula is C14H18FNO. The van der Waals surface area contributed by atoms with Crippen molar-refractivity contribution in [1.29, 1.82) is 5.26 Å². The van der Waals surface area contributed by atoms with Crippen LogP contribution < -0.4 is 0 Å². The fraction of sp³-hybridized carbons (Fsp3) is 0.500. The number of ether oxygens (including phenoxy) is 1. The van der Waals surface area contributed by atoms with Gasteiger partial charge in [0.15, 0.2) is 0 Å². The van der Waals surface area contributed by atoms with Crippen LogP contribution in [0.3, 0.4) is 0 Å². The number of benzene rings is 1. The van der Waals surface area contributed by atoms with Crippen molar-refractivity contribution < 1.29 is 9.13 Å². The van der Waals surface area contributed by atoms with Crippen LogP contribution in [-0.4, -0.2) is 6.61 Å². The number of rotatable bonds is 4. The molecule has 0 aliphatic carbocycles.